The van der Waals surface area contributed by atoms with E-state index in [1.54, 1.807) is 48.5 Å². The minimum atomic E-state index is -0.784. The molecule has 2 aromatic rings. The summed E-state index contributed by atoms with van der Waals surface area (Å²) in [5.41, 5.74) is 0.391. The van der Waals surface area contributed by atoms with Crippen molar-refractivity contribution in [1.82, 2.24) is 0 Å². The average Bonchev–Trinajstić information content (AvgIpc) is 3.23. The lowest BCUT2D eigenvalue weighted by atomic mass is 9.95. The highest BCUT2D eigenvalue weighted by Crippen LogP contribution is 2.47. The van der Waals surface area contributed by atoms with Gasteiger partial charge in [0.05, 0.1) is 0 Å². The van der Waals surface area contributed by atoms with Crippen LogP contribution in [0.2, 0.25) is 0 Å². The maximum atomic E-state index is 13.6. The summed E-state index contributed by atoms with van der Waals surface area (Å²) in [6.45, 7) is 0. The van der Waals surface area contributed by atoms with Gasteiger partial charge in [-0.1, -0.05) is 74.2 Å². The number of benzene rings is 4. The Balaban J connectivity index is 1.62. The van der Waals surface area contributed by atoms with E-state index in [1.165, 1.54) is 0 Å². The first kappa shape index (κ1) is 23.7. The molecule has 0 atom stereocenters. The molecule has 0 radical (unpaired) electrons. The first-order chi connectivity index (χ1) is 17.4. The number of carboxylic acids is 1. The van der Waals surface area contributed by atoms with Crippen molar-refractivity contribution in [2.24, 2.45) is 0 Å². The van der Waals surface area contributed by atoms with Gasteiger partial charge in [-0.25, -0.2) is 0 Å². The first-order valence-corrected chi connectivity index (χ1v) is 12.4. The number of unbranched alkanes of at least 4 members (excludes halogenated alkanes) is 5. The Labute approximate surface area is 206 Å². The van der Waals surface area contributed by atoms with Crippen LogP contribution in [0.15, 0.2) is 62.9 Å². The Morgan fingerprint density at radius 1 is 0.583 bits per heavy atom. The largest absolute Gasteiger partial charge is 0.507 e. The molecule has 0 spiro atoms. The fraction of sp³-hybridized carbons (Fsp3) is 0.267. The smallest absolute Gasteiger partial charge is 0.303 e. The molecule has 2 N–H and O–H groups in total. The number of aliphatic carboxylic acids is 1. The second-order valence-electron chi connectivity index (χ2n) is 9.42. The van der Waals surface area contributed by atoms with E-state index in [9.17, 15) is 24.3 Å². The number of aromatic hydroxyl groups is 1. The van der Waals surface area contributed by atoms with Crippen LogP contribution >= 0.6 is 0 Å². The summed E-state index contributed by atoms with van der Waals surface area (Å²) < 4.78 is 0. The molecule has 6 heteroatoms. The van der Waals surface area contributed by atoms with Gasteiger partial charge in [-0.15, -0.1) is 0 Å². The van der Waals surface area contributed by atoms with Crippen molar-refractivity contribution in [3.63, 3.8) is 0 Å². The first-order valence-electron chi connectivity index (χ1n) is 12.4. The van der Waals surface area contributed by atoms with E-state index >= 15 is 0 Å². The Morgan fingerprint density at radius 2 is 1.03 bits per heavy atom. The minimum Gasteiger partial charge on any atom is -0.507 e. The molecule has 36 heavy (non-hydrogen) atoms. The second-order valence-corrected chi connectivity index (χ2v) is 9.42. The molecule has 0 fully saturated rings. The van der Waals surface area contributed by atoms with E-state index in [0.717, 1.165) is 25.7 Å². The van der Waals surface area contributed by atoms with E-state index < -0.39 is 5.97 Å². The molecule has 6 nitrogen and oxygen atoms in total. The van der Waals surface area contributed by atoms with Crippen LogP contribution in [0.1, 0.15) is 50.5 Å². The van der Waals surface area contributed by atoms with Crippen LogP contribution in [0.3, 0.4) is 0 Å². The number of carboxylic acid groups (broad SMARTS) is 1. The Bertz CT molecular complexity index is 1690. The molecule has 0 unspecified atom stereocenters. The second kappa shape index (κ2) is 9.53. The minimum absolute atomic E-state index is 0.0667. The normalized spacial score (nSPS) is 11.8. The van der Waals surface area contributed by atoms with Gasteiger partial charge in [0.25, 0.3) is 0 Å². The number of rotatable bonds is 9. The lowest BCUT2D eigenvalue weighted by Crippen LogP contribution is -2.18. The molecule has 182 valence electrons. The van der Waals surface area contributed by atoms with Gasteiger partial charge in [-0.3, -0.25) is 19.2 Å². The predicted molar refractivity (Wildman–Crippen MR) is 141 cm³/mol. The zero-order valence-corrected chi connectivity index (χ0v) is 19.8. The maximum absolute atomic E-state index is 13.6. The zero-order valence-electron chi connectivity index (χ0n) is 19.8. The van der Waals surface area contributed by atoms with Gasteiger partial charge in [0.2, 0.25) is 0 Å². The van der Waals surface area contributed by atoms with Crippen molar-refractivity contribution in [3.05, 3.63) is 84.8 Å². The highest BCUT2D eigenvalue weighted by atomic mass is 16.4. The lowest BCUT2D eigenvalue weighted by Gasteiger charge is -2.10. The van der Waals surface area contributed by atoms with Crippen LogP contribution < -0.4 is 16.3 Å². The fourth-order valence-electron chi connectivity index (χ4n) is 5.48. The van der Waals surface area contributed by atoms with E-state index in [0.29, 0.717) is 46.5 Å². The lowest BCUT2D eigenvalue weighted by molar-refractivity contribution is -0.137. The third-order valence-electron chi connectivity index (χ3n) is 7.18. The molecule has 3 aliphatic rings. The third kappa shape index (κ3) is 3.83. The van der Waals surface area contributed by atoms with Crippen molar-refractivity contribution >= 4 is 27.5 Å². The predicted octanol–water partition coefficient (Wildman–Crippen LogP) is 5.22. The van der Waals surface area contributed by atoms with Gasteiger partial charge in [-0.05, 0) is 24.8 Å². The molecule has 0 saturated carbocycles. The van der Waals surface area contributed by atoms with Gasteiger partial charge in [0.15, 0.2) is 16.3 Å². The van der Waals surface area contributed by atoms with Crippen molar-refractivity contribution in [1.29, 1.82) is 0 Å². The van der Waals surface area contributed by atoms with Crippen molar-refractivity contribution in [2.75, 3.05) is 0 Å². The van der Waals surface area contributed by atoms with Crippen molar-refractivity contribution in [2.45, 2.75) is 51.4 Å². The summed E-state index contributed by atoms with van der Waals surface area (Å²) in [5.74, 6) is -0.850. The highest BCUT2D eigenvalue weighted by Gasteiger charge is 2.34. The molecule has 0 aliphatic heterocycles. The summed E-state index contributed by atoms with van der Waals surface area (Å²) in [5, 5.41) is 21.4. The highest BCUT2D eigenvalue weighted by molar-refractivity contribution is 6.09. The molecule has 3 aliphatic carbocycles. The van der Waals surface area contributed by atoms with Crippen LogP contribution in [-0.4, -0.2) is 16.2 Å². The molecule has 0 saturated heterocycles. The monoisotopic (exact) mass is 482 g/mol. The number of carbonyl (C=O) groups is 1. The van der Waals surface area contributed by atoms with Crippen LogP contribution in [0.25, 0.3) is 43.8 Å². The van der Waals surface area contributed by atoms with Gasteiger partial charge in [0, 0.05) is 50.2 Å². The molecular weight excluding hydrogens is 456 g/mol. The van der Waals surface area contributed by atoms with Crippen LogP contribution in [0.4, 0.5) is 0 Å². The number of hydrogen-bond donors (Lipinski definition) is 2. The summed E-state index contributed by atoms with van der Waals surface area (Å²) in [6.07, 6.45) is 5.52. The standard InChI is InChI=1S/C30H26O6/c31-22(32)16-6-4-2-1-3-5-15-21-23-25(29(35)19-13-9-7-11-17(19)27(23)33)26-24(21)28(34)18-12-8-10-14-20(18)30(26)36/h7-14,33H,1-6,15-16H2,(H,31,32). The molecule has 0 amide bonds. The van der Waals surface area contributed by atoms with Crippen LogP contribution in [-0.2, 0) is 11.2 Å². The van der Waals surface area contributed by atoms with E-state index in [4.69, 9.17) is 5.11 Å². The fourth-order valence-corrected chi connectivity index (χ4v) is 5.48. The molecule has 0 aromatic heterocycles. The number of hydrogen-bond acceptors (Lipinski definition) is 5. The molecule has 5 rings (SSSR count). The molecule has 0 bridgehead atoms. The third-order valence-corrected chi connectivity index (χ3v) is 7.18. The van der Waals surface area contributed by atoms with Crippen LogP contribution in [0.5, 0.6) is 5.75 Å². The van der Waals surface area contributed by atoms with E-state index in [2.05, 4.69) is 0 Å². The quantitative estimate of drug-likeness (QED) is 0.279. The summed E-state index contributed by atoms with van der Waals surface area (Å²) >= 11 is 0. The summed E-state index contributed by atoms with van der Waals surface area (Å²) in [7, 11) is 0. The molecule has 0 heterocycles. The topological polar surface area (TPSA) is 109 Å². The Hall–Kier alpha value is -4.06. The molecular formula is C30H26O6. The SMILES string of the molecule is O=C(O)CCCCCCCCc1c2c(O)c3ccccc3c(=O)c-2c2c(=O)c3ccccc3c(=O)c1-2. The van der Waals surface area contributed by atoms with E-state index in [1.807, 2.05) is 0 Å². The van der Waals surface area contributed by atoms with Crippen LogP contribution in [0, 0.1) is 0 Å². The van der Waals surface area contributed by atoms with E-state index in [-0.39, 0.29) is 50.5 Å². The van der Waals surface area contributed by atoms with Crippen molar-refractivity contribution in [3.8, 4) is 28.0 Å². The van der Waals surface area contributed by atoms with Crippen molar-refractivity contribution < 1.29 is 15.0 Å². The number of phenolic OH excluding ortho intramolecular Hbond substituents is 1. The summed E-state index contributed by atoms with van der Waals surface area (Å²) in [6, 6.07) is 13.4. The maximum Gasteiger partial charge on any atom is 0.303 e. The summed E-state index contributed by atoms with van der Waals surface area (Å²) in [4.78, 5) is 51.5. The average molecular weight is 483 g/mol. The van der Waals surface area contributed by atoms with Gasteiger partial charge in [0.1, 0.15) is 5.75 Å². The Morgan fingerprint density at radius 3 is 1.61 bits per heavy atom. The number of phenols is 1. The van der Waals surface area contributed by atoms with Gasteiger partial charge < -0.3 is 10.2 Å². The van der Waals surface area contributed by atoms with Gasteiger partial charge in [-0.2, -0.15) is 0 Å². The Kier molecular flexibility index (Phi) is 6.27. The van der Waals surface area contributed by atoms with Gasteiger partial charge >= 0.3 is 5.97 Å². The molecule has 2 aromatic carbocycles. The zero-order chi connectivity index (χ0) is 25.4. The number of fused-ring (bicyclic) bond motifs is 5.